The Morgan fingerprint density at radius 2 is 1.14 bits per heavy atom. The first-order valence-corrected chi connectivity index (χ1v) is 17.2. The van der Waals surface area contributed by atoms with Crippen molar-refractivity contribution in [1.82, 2.24) is 0 Å². The average molecular weight is 689 g/mol. The molecule has 1 aliphatic rings. The molecule has 6 rings (SSSR count). The fraction of sp³-hybridized carbons (Fsp3) is 0.279. The van der Waals surface area contributed by atoms with E-state index in [0.29, 0.717) is 35.7 Å². The molecular weight excluding hydrogens is 644 g/mol. The predicted octanol–water partition coefficient (Wildman–Crippen LogP) is 8.90. The number of benzene rings is 5. The number of carbonyl (C=O) groups is 1. The number of aliphatic hydroxyl groups excluding tert-OH is 1. The highest BCUT2D eigenvalue weighted by atomic mass is 16.7. The minimum Gasteiger partial charge on any atom is -0.488 e. The Hall–Kier alpha value is -5.15. The van der Waals surface area contributed by atoms with E-state index in [-0.39, 0.29) is 36.9 Å². The molecule has 0 bridgehead atoms. The molecule has 0 aliphatic carbocycles. The Morgan fingerprint density at radius 1 is 0.667 bits per heavy atom. The SMILES string of the molecule is CC(C)(C)OC(=O)c1cc(OCc2ccccc2)c(C(O)c2c(OCc3ccccc3)cccc2C2OCCCO2)c(OCc2ccccc2)c1. The molecule has 5 aromatic carbocycles. The zero-order valence-corrected chi connectivity index (χ0v) is 29.2. The van der Waals surface area contributed by atoms with Gasteiger partial charge in [0.15, 0.2) is 6.29 Å². The lowest BCUT2D eigenvalue weighted by atomic mass is 9.92. The van der Waals surface area contributed by atoms with E-state index in [9.17, 15) is 9.90 Å². The van der Waals surface area contributed by atoms with Crippen LogP contribution in [0.15, 0.2) is 121 Å². The number of rotatable bonds is 13. The van der Waals surface area contributed by atoms with Crippen LogP contribution < -0.4 is 14.2 Å². The highest BCUT2D eigenvalue weighted by Crippen LogP contribution is 2.45. The summed E-state index contributed by atoms with van der Waals surface area (Å²) in [6.07, 6.45) is -1.32. The van der Waals surface area contributed by atoms with Crippen molar-refractivity contribution in [3.05, 3.63) is 160 Å². The van der Waals surface area contributed by atoms with Crippen molar-refractivity contribution in [3.63, 3.8) is 0 Å². The van der Waals surface area contributed by atoms with E-state index in [1.807, 2.05) is 130 Å². The van der Waals surface area contributed by atoms with Crippen LogP contribution >= 0.6 is 0 Å². The molecule has 0 aromatic heterocycles. The Labute approximate surface area is 299 Å². The van der Waals surface area contributed by atoms with Crippen LogP contribution in [0.4, 0.5) is 0 Å². The van der Waals surface area contributed by atoms with Crippen molar-refractivity contribution in [2.24, 2.45) is 0 Å². The van der Waals surface area contributed by atoms with Gasteiger partial charge >= 0.3 is 5.97 Å². The fourth-order valence-electron chi connectivity index (χ4n) is 5.77. The third kappa shape index (κ3) is 9.55. The van der Waals surface area contributed by atoms with Gasteiger partial charge in [-0.15, -0.1) is 0 Å². The molecule has 51 heavy (non-hydrogen) atoms. The molecule has 0 saturated carbocycles. The van der Waals surface area contributed by atoms with Gasteiger partial charge in [0.2, 0.25) is 0 Å². The van der Waals surface area contributed by atoms with Crippen LogP contribution in [0.2, 0.25) is 0 Å². The lowest BCUT2D eigenvalue weighted by Crippen LogP contribution is -2.24. The van der Waals surface area contributed by atoms with Gasteiger partial charge in [-0.1, -0.05) is 103 Å². The standard InChI is InChI=1S/C43H44O8/c1-43(2,3)51-41(45)33-25-36(49-28-31-17-9-5-10-18-31)39(37(26-33)50-29-32-19-11-6-12-20-32)40(44)38-34(42-46-23-14-24-47-42)21-13-22-35(38)48-27-30-15-7-4-8-16-30/h4-13,15-22,25-26,40,42,44H,14,23-24,27-29H2,1-3H3. The summed E-state index contributed by atoms with van der Waals surface area (Å²) >= 11 is 0. The first-order chi connectivity index (χ1) is 24.7. The average Bonchev–Trinajstić information content (AvgIpc) is 3.15. The van der Waals surface area contributed by atoms with E-state index >= 15 is 0 Å². The van der Waals surface area contributed by atoms with Crippen LogP contribution in [-0.2, 0) is 34.0 Å². The van der Waals surface area contributed by atoms with E-state index in [0.717, 1.165) is 23.1 Å². The summed E-state index contributed by atoms with van der Waals surface area (Å²) in [5, 5.41) is 12.7. The van der Waals surface area contributed by atoms with Crippen molar-refractivity contribution in [3.8, 4) is 17.2 Å². The zero-order chi connectivity index (χ0) is 35.6. The van der Waals surface area contributed by atoms with E-state index in [4.69, 9.17) is 28.4 Å². The van der Waals surface area contributed by atoms with Crippen molar-refractivity contribution in [1.29, 1.82) is 0 Å². The Morgan fingerprint density at radius 3 is 1.61 bits per heavy atom. The molecule has 1 N–H and O–H groups in total. The predicted molar refractivity (Wildman–Crippen MR) is 194 cm³/mol. The molecule has 1 heterocycles. The van der Waals surface area contributed by atoms with E-state index in [1.54, 1.807) is 12.1 Å². The lowest BCUT2D eigenvalue weighted by molar-refractivity contribution is -0.183. The zero-order valence-electron chi connectivity index (χ0n) is 29.2. The van der Waals surface area contributed by atoms with E-state index in [1.165, 1.54) is 0 Å². The minimum atomic E-state index is -1.36. The molecule has 1 atom stereocenters. The third-order valence-electron chi connectivity index (χ3n) is 8.18. The van der Waals surface area contributed by atoms with Gasteiger partial charge in [-0.2, -0.15) is 0 Å². The minimum absolute atomic E-state index is 0.171. The van der Waals surface area contributed by atoms with Crippen molar-refractivity contribution in [2.75, 3.05) is 13.2 Å². The molecule has 1 fully saturated rings. The van der Waals surface area contributed by atoms with Crippen LogP contribution in [0.25, 0.3) is 0 Å². The summed E-state index contributed by atoms with van der Waals surface area (Å²) in [6, 6.07) is 37.9. The molecule has 1 unspecified atom stereocenters. The first-order valence-electron chi connectivity index (χ1n) is 17.2. The summed E-state index contributed by atoms with van der Waals surface area (Å²) in [5.74, 6) is 0.411. The van der Waals surface area contributed by atoms with Crippen molar-refractivity contribution < 1.29 is 38.3 Å². The summed E-state index contributed by atoms with van der Waals surface area (Å²) < 4.78 is 37.3. The van der Waals surface area contributed by atoms with Crippen molar-refractivity contribution in [2.45, 2.75) is 65.0 Å². The fourth-order valence-corrected chi connectivity index (χ4v) is 5.77. The number of carbonyl (C=O) groups excluding carboxylic acids is 1. The number of esters is 1. The van der Waals surface area contributed by atoms with Crippen LogP contribution in [-0.4, -0.2) is 29.9 Å². The van der Waals surface area contributed by atoms with Crippen molar-refractivity contribution >= 4 is 5.97 Å². The molecule has 5 aromatic rings. The Kier molecular flexibility index (Phi) is 11.7. The smallest absolute Gasteiger partial charge is 0.338 e. The molecule has 8 heteroatoms. The second kappa shape index (κ2) is 16.7. The molecule has 8 nitrogen and oxygen atoms in total. The topological polar surface area (TPSA) is 92.7 Å². The summed E-state index contributed by atoms with van der Waals surface area (Å²) in [6.45, 7) is 7.06. The maximum absolute atomic E-state index is 13.6. The van der Waals surface area contributed by atoms with Gasteiger partial charge < -0.3 is 33.5 Å². The van der Waals surface area contributed by atoms with Crippen LogP contribution in [0, 0.1) is 0 Å². The molecular formula is C43H44O8. The highest BCUT2D eigenvalue weighted by Gasteiger charge is 2.32. The van der Waals surface area contributed by atoms with Gasteiger partial charge in [-0.25, -0.2) is 4.79 Å². The summed E-state index contributed by atoms with van der Waals surface area (Å²) in [5.41, 5.74) is 3.64. The molecule has 1 aliphatic heterocycles. The van der Waals surface area contributed by atoms with Gasteiger partial charge in [0.1, 0.15) is 48.8 Å². The molecule has 1 saturated heterocycles. The quantitative estimate of drug-likeness (QED) is 0.123. The third-order valence-corrected chi connectivity index (χ3v) is 8.18. The number of hydrogen-bond acceptors (Lipinski definition) is 8. The van der Waals surface area contributed by atoms with Crippen LogP contribution in [0.3, 0.4) is 0 Å². The summed E-state index contributed by atoms with van der Waals surface area (Å²) in [4.78, 5) is 13.6. The first kappa shape index (κ1) is 35.7. The highest BCUT2D eigenvalue weighted by molar-refractivity contribution is 5.91. The van der Waals surface area contributed by atoms with Gasteiger partial charge in [0.05, 0.1) is 24.3 Å². The Balaban J connectivity index is 1.49. The van der Waals surface area contributed by atoms with Gasteiger partial charge in [0, 0.05) is 11.1 Å². The maximum atomic E-state index is 13.6. The maximum Gasteiger partial charge on any atom is 0.338 e. The van der Waals surface area contributed by atoms with Crippen LogP contribution in [0.5, 0.6) is 17.2 Å². The Bertz CT molecular complexity index is 1800. The van der Waals surface area contributed by atoms with Crippen LogP contribution in [0.1, 0.15) is 83.3 Å². The van der Waals surface area contributed by atoms with Gasteiger partial charge in [0.25, 0.3) is 0 Å². The summed E-state index contributed by atoms with van der Waals surface area (Å²) in [7, 11) is 0. The molecule has 0 radical (unpaired) electrons. The second-order valence-electron chi connectivity index (χ2n) is 13.3. The molecule has 0 spiro atoms. The number of ether oxygens (including phenoxy) is 6. The lowest BCUT2D eigenvalue weighted by Gasteiger charge is -2.29. The molecule has 264 valence electrons. The molecule has 0 amide bonds. The van der Waals surface area contributed by atoms with Gasteiger partial charge in [-0.3, -0.25) is 0 Å². The van der Waals surface area contributed by atoms with Gasteiger partial charge in [-0.05, 0) is 62.1 Å². The monoisotopic (exact) mass is 688 g/mol. The van der Waals surface area contributed by atoms with E-state index < -0.39 is 24.0 Å². The number of hydrogen-bond donors (Lipinski definition) is 1. The second-order valence-corrected chi connectivity index (χ2v) is 13.3. The largest absolute Gasteiger partial charge is 0.488 e. The van der Waals surface area contributed by atoms with E-state index in [2.05, 4.69) is 0 Å². The number of aliphatic hydroxyl groups is 1. The normalized spacial score (nSPS) is 14.0.